The Labute approximate surface area is 182 Å². The highest BCUT2D eigenvalue weighted by atomic mass is 16.5. The molecule has 0 radical (unpaired) electrons. The lowest BCUT2D eigenvalue weighted by Gasteiger charge is -2.31. The van der Waals surface area contributed by atoms with Crippen molar-refractivity contribution in [3.8, 4) is 23.3 Å². The molecule has 1 aromatic heterocycles. The van der Waals surface area contributed by atoms with Gasteiger partial charge in [-0.2, -0.15) is 0 Å². The van der Waals surface area contributed by atoms with Crippen molar-refractivity contribution in [2.24, 2.45) is 0 Å². The molecule has 0 atom stereocenters. The van der Waals surface area contributed by atoms with Gasteiger partial charge in [-0.25, -0.2) is 0 Å². The summed E-state index contributed by atoms with van der Waals surface area (Å²) in [5.41, 5.74) is 0.486. The number of carbonyl (C=O) groups is 2. The van der Waals surface area contributed by atoms with Crippen LogP contribution >= 0.6 is 0 Å². The summed E-state index contributed by atoms with van der Waals surface area (Å²) in [7, 11) is 1.55. The van der Waals surface area contributed by atoms with Crippen molar-refractivity contribution in [2.45, 2.75) is 39.3 Å². The van der Waals surface area contributed by atoms with Crippen LogP contribution in [0.4, 0.5) is 0 Å². The summed E-state index contributed by atoms with van der Waals surface area (Å²) in [6, 6.07) is 8.81. The largest absolute Gasteiger partial charge is 0.493 e. The molecule has 2 aromatic rings. The molecule has 1 aliphatic heterocycles. The van der Waals surface area contributed by atoms with Gasteiger partial charge in [0.15, 0.2) is 11.5 Å². The van der Waals surface area contributed by atoms with E-state index in [1.165, 1.54) is 0 Å². The fraction of sp³-hybridized carbons (Fsp3) is 0.417. The first-order valence-corrected chi connectivity index (χ1v) is 10.3. The smallest absolute Gasteiger partial charge is 0.255 e. The molecule has 2 amide bonds. The highest BCUT2D eigenvalue weighted by Crippen LogP contribution is 2.31. The summed E-state index contributed by atoms with van der Waals surface area (Å²) in [5.74, 6) is 7.47. The maximum atomic E-state index is 13.1. The Bertz CT molecular complexity index is 950. The van der Waals surface area contributed by atoms with E-state index in [2.05, 4.69) is 11.8 Å². The summed E-state index contributed by atoms with van der Waals surface area (Å²) in [4.78, 5) is 28.1. The molecule has 0 unspecified atom stereocenters. The quantitative estimate of drug-likeness (QED) is 0.638. The van der Waals surface area contributed by atoms with Gasteiger partial charge in [0.05, 0.1) is 26.5 Å². The topological polar surface area (TPSA) is 72.2 Å². The zero-order valence-corrected chi connectivity index (χ0v) is 18.2. The van der Waals surface area contributed by atoms with Gasteiger partial charge >= 0.3 is 0 Å². The van der Waals surface area contributed by atoms with Crippen molar-refractivity contribution >= 4 is 11.8 Å². The van der Waals surface area contributed by atoms with E-state index in [-0.39, 0.29) is 17.9 Å². The fourth-order valence-electron chi connectivity index (χ4n) is 3.51. The molecule has 0 N–H and O–H groups in total. The van der Waals surface area contributed by atoms with E-state index in [1.807, 2.05) is 11.0 Å². The number of carbonyl (C=O) groups excluding carboxylic acids is 2. The van der Waals surface area contributed by atoms with E-state index in [9.17, 15) is 9.59 Å². The van der Waals surface area contributed by atoms with Crippen molar-refractivity contribution in [2.75, 3.05) is 26.7 Å². The Morgan fingerprint density at radius 3 is 2.61 bits per heavy atom. The number of hydrogen-bond donors (Lipinski definition) is 0. The number of amides is 2. The third-order valence-corrected chi connectivity index (χ3v) is 5.25. The van der Waals surface area contributed by atoms with Crippen molar-refractivity contribution in [3.05, 3.63) is 47.9 Å². The lowest BCUT2D eigenvalue weighted by molar-refractivity contribution is -0.130. The summed E-state index contributed by atoms with van der Waals surface area (Å²) in [6.07, 6.45) is 3.10. The van der Waals surface area contributed by atoms with E-state index in [0.717, 1.165) is 12.8 Å². The zero-order chi connectivity index (χ0) is 22.2. The van der Waals surface area contributed by atoms with Crippen molar-refractivity contribution in [3.63, 3.8) is 0 Å². The van der Waals surface area contributed by atoms with Crippen molar-refractivity contribution in [1.29, 1.82) is 0 Å². The molecular formula is C24H28N2O5. The number of hydrogen-bond acceptors (Lipinski definition) is 5. The molecule has 2 heterocycles. The van der Waals surface area contributed by atoms with Gasteiger partial charge in [-0.1, -0.05) is 5.92 Å². The van der Waals surface area contributed by atoms with E-state index in [4.69, 9.17) is 13.9 Å². The second-order valence-corrected chi connectivity index (χ2v) is 7.36. The molecule has 1 fully saturated rings. The first kappa shape index (κ1) is 22.3. The van der Waals surface area contributed by atoms with Gasteiger partial charge in [0, 0.05) is 38.4 Å². The Kier molecular flexibility index (Phi) is 7.60. The van der Waals surface area contributed by atoms with Gasteiger partial charge in [0.1, 0.15) is 11.9 Å². The number of furan rings is 1. The van der Waals surface area contributed by atoms with Crippen LogP contribution in [0.3, 0.4) is 0 Å². The van der Waals surface area contributed by atoms with Gasteiger partial charge in [-0.05, 0) is 37.3 Å². The lowest BCUT2D eigenvalue weighted by atomic mass is 10.1. The van der Waals surface area contributed by atoms with E-state index >= 15 is 0 Å². The zero-order valence-electron chi connectivity index (χ0n) is 18.2. The van der Waals surface area contributed by atoms with Crippen LogP contribution in [0.5, 0.6) is 11.5 Å². The van der Waals surface area contributed by atoms with Crippen LogP contribution in [0.25, 0.3) is 0 Å². The molecule has 1 aromatic carbocycles. The number of likely N-dealkylation sites (tertiary alicyclic amines) is 1. The van der Waals surface area contributed by atoms with Gasteiger partial charge in [-0.3, -0.25) is 9.59 Å². The molecule has 0 bridgehead atoms. The van der Waals surface area contributed by atoms with Gasteiger partial charge in [-0.15, -0.1) is 5.92 Å². The monoisotopic (exact) mass is 424 g/mol. The number of piperidine rings is 1. The first-order valence-electron chi connectivity index (χ1n) is 10.3. The second kappa shape index (κ2) is 10.6. The normalized spacial score (nSPS) is 13.8. The standard InChI is InChI=1S/C24H28N2O5/c1-4-5-12-26(17-21-7-6-15-30-21)24(28)19-8-9-22(23(16-19)29-3)31-20-10-13-25(14-11-20)18(2)27/h6-9,15-16,20H,10-14,17H2,1-3H3. The first-order chi connectivity index (χ1) is 15.0. The SMILES string of the molecule is CC#CCN(Cc1ccco1)C(=O)c1ccc(OC2CCN(C(C)=O)CC2)c(OC)c1. The van der Waals surface area contributed by atoms with Crippen LogP contribution in [0.2, 0.25) is 0 Å². The maximum absolute atomic E-state index is 13.1. The summed E-state index contributed by atoms with van der Waals surface area (Å²) < 4.78 is 17.0. The average molecular weight is 424 g/mol. The predicted octanol–water partition coefficient (Wildman–Crippen LogP) is 3.34. The molecule has 0 spiro atoms. The van der Waals surface area contributed by atoms with Crippen LogP contribution in [-0.4, -0.2) is 54.5 Å². The van der Waals surface area contributed by atoms with E-state index in [1.54, 1.807) is 56.4 Å². The summed E-state index contributed by atoms with van der Waals surface area (Å²) in [5, 5.41) is 0. The molecule has 0 aliphatic carbocycles. The number of rotatable bonds is 7. The van der Waals surface area contributed by atoms with Crippen LogP contribution in [0.1, 0.15) is 42.8 Å². The lowest BCUT2D eigenvalue weighted by Crippen LogP contribution is -2.40. The molecule has 7 heteroatoms. The molecule has 164 valence electrons. The molecule has 7 nitrogen and oxygen atoms in total. The molecular weight excluding hydrogens is 396 g/mol. The van der Waals surface area contributed by atoms with Crippen molar-refractivity contribution in [1.82, 2.24) is 9.80 Å². The van der Waals surface area contributed by atoms with Crippen LogP contribution in [0, 0.1) is 11.8 Å². The molecule has 31 heavy (non-hydrogen) atoms. The third kappa shape index (κ3) is 5.82. The highest BCUT2D eigenvalue weighted by molar-refractivity contribution is 5.95. The molecule has 1 aliphatic rings. The molecule has 1 saturated heterocycles. The van der Waals surface area contributed by atoms with Gasteiger partial charge in [0.2, 0.25) is 5.91 Å². The number of benzene rings is 1. The highest BCUT2D eigenvalue weighted by Gasteiger charge is 2.24. The number of ether oxygens (including phenoxy) is 2. The summed E-state index contributed by atoms with van der Waals surface area (Å²) in [6.45, 7) is 5.31. The van der Waals surface area contributed by atoms with Crippen LogP contribution < -0.4 is 9.47 Å². The maximum Gasteiger partial charge on any atom is 0.255 e. The van der Waals surface area contributed by atoms with E-state index in [0.29, 0.717) is 49.0 Å². The van der Waals surface area contributed by atoms with Gasteiger partial charge in [0.25, 0.3) is 5.91 Å². The number of nitrogens with zero attached hydrogens (tertiary/aromatic N) is 2. The molecule has 0 saturated carbocycles. The Hall–Kier alpha value is -3.40. The Morgan fingerprint density at radius 1 is 1.23 bits per heavy atom. The Balaban J connectivity index is 1.72. The van der Waals surface area contributed by atoms with Crippen LogP contribution in [-0.2, 0) is 11.3 Å². The van der Waals surface area contributed by atoms with Crippen LogP contribution in [0.15, 0.2) is 41.0 Å². The minimum atomic E-state index is -0.168. The minimum Gasteiger partial charge on any atom is -0.493 e. The average Bonchev–Trinajstić information content (AvgIpc) is 3.30. The predicted molar refractivity (Wildman–Crippen MR) is 116 cm³/mol. The Morgan fingerprint density at radius 2 is 2.00 bits per heavy atom. The van der Waals surface area contributed by atoms with Crippen molar-refractivity contribution < 1.29 is 23.5 Å². The van der Waals surface area contributed by atoms with Gasteiger partial charge < -0.3 is 23.7 Å². The third-order valence-electron chi connectivity index (χ3n) is 5.25. The second-order valence-electron chi connectivity index (χ2n) is 7.36. The minimum absolute atomic E-state index is 0.00123. The van der Waals surface area contributed by atoms with E-state index < -0.39 is 0 Å². The molecule has 3 rings (SSSR count). The summed E-state index contributed by atoms with van der Waals surface area (Å²) >= 11 is 0. The number of methoxy groups -OCH3 is 1. The fourth-order valence-corrected chi connectivity index (χ4v) is 3.51.